The maximum Gasteiger partial charge on any atom is 0.270 e. The monoisotopic (exact) mass is 408 g/mol. The lowest BCUT2D eigenvalue weighted by atomic mass is 10.3. The topological polar surface area (TPSA) is 133 Å². The van der Waals surface area contributed by atoms with Crippen molar-refractivity contribution in [2.24, 2.45) is 0 Å². The quantitative estimate of drug-likeness (QED) is 0.506. The third kappa shape index (κ3) is 3.88. The van der Waals surface area contributed by atoms with E-state index in [1.807, 2.05) is 19.9 Å². The predicted octanol–water partition coefficient (Wildman–Crippen LogP) is 2.64. The van der Waals surface area contributed by atoms with Gasteiger partial charge in [-0.1, -0.05) is 11.6 Å². The highest BCUT2D eigenvalue weighted by Crippen LogP contribution is 2.27. The van der Waals surface area contributed by atoms with E-state index < -0.39 is 25.5 Å². The van der Waals surface area contributed by atoms with Crippen LogP contribution in [-0.2, 0) is 10.0 Å². The molecule has 0 bridgehead atoms. The molecule has 2 aromatic heterocycles. The number of nitro groups is 1. The van der Waals surface area contributed by atoms with Gasteiger partial charge in [-0.15, -0.1) is 0 Å². The summed E-state index contributed by atoms with van der Waals surface area (Å²) in [4.78, 5) is 17.7. The number of nitro benzene ring substituents is 1. The summed E-state index contributed by atoms with van der Waals surface area (Å²) in [7, 11) is -4.21. The number of hydrogen-bond donors (Lipinski definition) is 1. The summed E-state index contributed by atoms with van der Waals surface area (Å²) in [6.45, 7) is 3.65. The van der Waals surface area contributed by atoms with Crippen molar-refractivity contribution >= 4 is 33.1 Å². The Kier molecular flexibility index (Phi) is 4.81. The molecule has 3 aromatic rings. The number of benzene rings is 1. The number of nitrogens with one attached hydrogen (secondary N) is 1. The van der Waals surface area contributed by atoms with Crippen LogP contribution in [-0.4, -0.2) is 33.1 Å². The smallest absolute Gasteiger partial charge is 0.263 e. The van der Waals surface area contributed by atoms with Crippen molar-refractivity contribution in [1.29, 1.82) is 0 Å². The number of nitrogens with zero attached hydrogens (tertiary/aromatic N) is 5. The number of non-ortho nitro benzene ring substituents is 1. The summed E-state index contributed by atoms with van der Waals surface area (Å²) in [5, 5.41) is 15.0. The molecular weight excluding hydrogens is 396 g/mol. The number of rotatable bonds is 5. The maximum atomic E-state index is 12.6. The van der Waals surface area contributed by atoms with Crippen LogP contribution in [0.4, 0.5) is 11.5 Å². The van der Waals surface area contributed by atoms with Gasteiger partial charge < -0.3 is 0 Å². The molecule has 0 unspecified atom stereocenters. The standard InChI is InChI=1S/C15H13ClN6O4S/c1-9-5-10(2)21(19-9)15-7-14(17-8-18-15)20-27(25,26)13-6-11(22(23)24)3-4-12(13)16/h3-8H,1-2H3,(H,17,18,20). The van der Waals surface area contributed by atoms with Gasteiger partial charge in [-0.25, -0.2) is 23.1 Å². The van der Waals surface area contributed by atoms with Crippen molar-refractivity contribution in [3.8, 4) is 5.82 Å². The molecule has 0 radical (unpaired) electrons. The van der Waals surface area contributed by atoms with Crippen molar-refractivity contribution in [3.63, 3.8) is 0 Å². The Hall–Kier alpha value is -3.05. The van der Waals surface area contributed by atoms with E-state index in [9.17, 15) is 18.5 Å². The zero-order valence-electron chi connectivity index (χ0n) is 14.1. The zero-order chi connectivity index (χ0) is 19.8. The molecule has 27 heavy (non-hydrogen) atoms. The lowest BCUT2D eigenvalue weighted by Crippen LogP contribution is -2.15. The fraction of sp³-hybridized carbons (Fsp3) is 0.133. The second-order valence-electron chi connectivity index (χ2n) is 5.58. The highest BCUT2D eigenvalue weighted by Gasteiger charge is 2.22. The minimum absolute atomic E-state index is 0.0323. The molecule has 10 nitrogen and oxygen atoms in total. The largest absolute Gasteiger partial charge is 0.270 e. The molecule has 1 N–H and O–H groups in total. The van der Waals surface area contributed by atoms with Crippen molar-refractivity contribution in [2.45, 2.75) is 18.7 Å². The minimum Gasteiger partial charge on any atom is -0.263 e. The second-order valence-corrected chi connectivity index (χ2v) is 7.64. The van der Waals surface area contributed by atoms with Crippen LogP contribution in [0.1, 0.15) is 11.4 Å². The van der Waals surface area contributed by atoms with E-state index in [0.717, 1.165) is 29.6 Å². The molecule has 0 aliphatic heterocycles. The highest BCUT2D eigenvalue weighted by atomic mass is 35.5. The Bertz CT molecular complexity index is 1140. The lowest BCUT2D eigenvalue weighted by Gasteiger charge is -2.10. The molecule has 0 spiro atoms. The maximum absolute atomic E-state index is 12.6. The molecule has 0 aliphatic carbocycles. The number of sulfonamides is 1. The fourth-order valence-electron chi connectivity index (χ4n) is 2.38. The zero-order valence-corrected chi connectivity index (χ0v) is 15.7. The molecular formula is C15H13ClN6O4S. The summed E-state index contributed by atoms with van der Waals surface area (Å²) in [5.74, 6) is 0.327. The van der Waals surface area contributed by atoms with E-state index in [1.54, 1.807) is 0 Å². The molecule has 0 aliphatic rings. The number of aryl methyl sites for hydroxylation is 2. The van der Waals surface area contributed by atoms with E-state index in [0.29, 0.717) is 5.82 Å². The summed E-state index contributed by atoms with van der Waals surface area (Å²) < 4.78 is 29.0. The molecule has 0 amide bonds. The van der Waals surface area contributed by atoms with Crippen LogP contribution in [0.3, 0.4) is 0 Å². The molecule has 0 saturated carbocycles. The van der Waals surface area contributed by atoms with E-state index in [2.05, 4.69) is 19.8 Å². The van der Waals surface area contributed by atoms with Gasteiger partial charge in [0, 0.05) is 23.9 Å². The molecule has 0 saturated heterocycles. The van der Waals surface area contributed by atoms with Crippen LogP contribution in [0, 0.1) is 24.0 Å². The minimum atomic E-state index is -4.21. The van der Waals surface area contributed by atoms with Gasteiger partial charge in [-0.3, -0.25) is 14.8 Å². The first kappa shape index (κ1) is 18.7. The highest BCUT2D eigenvalue weighted by molar-refractivity contribution is 7.92. The number of halogens is 1. The van der Waals surface area contributed by atoms with Gasteiger partial charge in [0.1, 0.15) is 17.0 Å². The van der Waals surface area contributed by atoms with E-state index in [-0.39, 0.29) is 10.8 Å². The third-order valence-corrected chi connectivity index (χ3v) is 5.37. The van der Waals surface area contributed by atoms with Crippen LogP contribution >= 0.6 is 11.6 Å². The third-order valence-electron chi connectivity index (χ3n) is 3.53. The Morgan fingerprint density at radius 3 is 2.56 bits per heavy atom. The first-order valence-electron chi connectivity index (χ1n) is 7.50. The van der Waals surface area contributed by atoms with Gasteiger partial charge in [0.25, 0.3) is 15.7 Å². The molecule has 0 fully saturated rings. The number of aromatic nitrogens is 4. The van der Waals surface area contributed by atoms with E-state index in [4.69, 9.17) is 11.6 Å². The Morgan fingerprint density at radius 1 is 1.19 bits per heavy atom. The van der Waals surface area contributed by atoms with Gasteiger partial charge in [0.15, 0.2) is 5.82 Å². The molecule has 140 valence electrons. The lowest BCUT2D eigenvalue weighted by molar-refractivity contribution is -0.385. The first-order chi connectivity index (χ1) is 12.7. The Balaban J connectivity index is 1.98. The first-order valence-corrected chi connectivity index (χ1v) is 9.36. The van der Waals surface area contributed by atoms with Crippen LogP contribution in [0.25, 0.3) is 5.82 Å². The molecule has 0 atom stereocenters. The molecule has 1 aromatic carbocycles. The van der Waals surface area contributed by atoms with Crippen LogP contribution in [0.5, 0.6) is 0 Å². The van der Waals surface area contributed by atoms with Gasteiger partial charge in [0.2, 0.25) is 0 Å². The van der Waals surface area contributed by atoms with E-state index in [1.165, 1.54) is 17.1 Å². The van der Waals surface area contributed by atoms with Gasteiger partial charge in [0.05, 0.1) is 15.6 Å². The molecule has 2 heterocycles. The van der Waals surface area contributed by atoms with Gasteiger partial charge in [-0.2, -0.15) is 5.10 Å². The van der Waals surface area contributed by atoms with Crippen molar-refractivity contribution < 1.29 is 13.3 Å². The summed E-state index contributed by atoms with van der Waals surface area (Å²) in [5.41, 5.74) is 1.18. The summed E-state index contributed by atoms with van der Waals surface area (Å²) in [6.07, 6.45) is 1.18. The van der Waals surface area contributed by atoms with Crippen LogP contribution in [0.15, 0.2) is 41.6 Å². The SMILES string of the molecule is Cc1cc(C)n(-c2cc(NS(=O)(=O)c3cc([N+](=O)[O-])ccc3Cl)ncn2)n1. The van der Waals surface area contributed by atoms with Crippen molar-refractivity contribution in [3.05, 3.63) is 63.2 Å². The molecule has 3 rings (SSSR count). The molecule has 12 heteroatoms. The normalized spacial score (nSPS) is 11.4. The van der Waals surface area contributed by atoms with Gasteiger partial charge >= 0.3 is 0 Å². The second kappa shape index (κ2) is 6.93. The average molecular weight is 409 g/mol. The van der Waals surface area contributed by atoms with Crippen molar-refractivity contribution in [1.82, 2.24) is 19.7 Å². The van der Waals surface area contributed by atoms with Crippen LogP contribution in [0.2, 0.25) is 5.02 Å². The summed E-state index contributed by atoms with van der Waals surface area (Å²) >= 11 is 5.91. The number of hydrogen-bond acceptors (Lipinski definition) is 7. The average Bonchev–Trinajstić information content (AvgIpc) is 2.93. The van der Waals surface area contributed by atoms with Crippen molar-refractivity contribution in [2.75, 3.05) is 4.72 Å². The van der Waals surface area contributed by atoms with Gasteiger partial charge in [-0.05, 0) is 26.0 Å². The van der Waals surface area contributed by atoms with Crippen LogP contribution < -0.4 is 4.72 Å². The van der Waals surface area contributed by atoms with E-state index >= 15 is 0 Å². The predicted molar refractivity (Wildman–Crippen MR) is 97.5 cm³/mol. The Morgan fingerprint density at radius 2 is 1.93 bits per heavy atom. The fourth-order valence-corrected chi connectivity index (χ4v) is 3.90. The summed E-state index contributed by atoms with van der Waals surface area (Å²) in [6, 6.07) is 6.38. The Labute approximate surface area is 159 Å². The number of anilines is 1.